The van der Waals surface area contributed by atoms with E-state index in [-0.39, 0.29) is 17.2 Å². The van der Waals surface area contributed by atoms with Gasteiger partial charge in [-0.15, -0.1) is 0 Å². The van der Waals surface area contributed by atoms with E-state index in [1.807, 2.05) is 56.3 Å². The molecule has 0 unspecified atom stereocenters. The summed E-state index contributed by atoms with van der Waals surface area (Å²) in [5.74, 6) is 0.399. The summed E-state index contributed by atoms with van der Waals surface area (Å²) in [6, 6.07) is 18.2. The van der Waals surface area contributed by atoms with E-state index in [0.717, 1.165) is 26.9 Å². The Morgan fingerprint density at radius 2 is 1.83 bits per heavy atom. The second-order valence-electron chi connectivity index (χ2n) is 9.24. The fourth-order valence-electron chi connectivity index (χ4n) is 5.18. The van der Waals surface area contributed by atoms with Crippen LogP contribution < -0.4 is 4.90 Å². The van der Waals surface area contributed by atoms with Gasteiger partial charge >= 0.3 is 0 Å². The topological polar surface area (TPSA) is 69.2 Å². The van der Waals surface area contributed by atoms with Gasteiger partial charge in [0.05, 0.1) is 5.69 Å². The number of rotatable bonds is 2. The molecule has 5 nitrogen and oxygen atoms in total. The van der Waals surface area contributed by atoms with Crippen LogP contribution in [0.4, 0.5) is 5.82 Å². The number of anilines is 1. The molecule has 0 aliphatic carbocycles. The fourth-order valence-corrected chi connectivity index (χ4v) is 5.45. The second-order valence-corrected chi connectivity index (χ2v) is 10.2. The van der Waals surface area contributed by atoms with Crippen LogP contribution in [0.25, 0.3) is 11.3 Å². The zero-order valence-corrected chi connectivity index (χ0v) is 18.6. The van der Waals surface area contributed by atoms with Crippen molar-refractivity contribution in [3.8, 4) is 11.3 Å². The van der Waals surface area contributed by atoms with Gasteiger partial charge in [0.25, 0.3) is 0 Å². The second kappa shape index (κ2) is 6.79. The lowest BCUT2D eigenvalue weighted by Gasteiger charge is -2.52. The molecular weight excluding hydrogens is 442 g/mol. The molecule has 1 amide bonds. The zero-order valence-electron chi connectivity index (χ0n) is 17.0. The molecular formula is C24H24BrN3O2. The van der Waals surface area contributed by atoms with Gasteiger partial charge in [-0.25, -0.2) is 0 Å². The number of aromatic amines is 1. The monoisotopic (exact) mass is 465 g/mol. The molecule has 1 saturated heterocycles. The van der Waals surface area contributed by atoms with Crippen molar-refractivity contribution in [2.24, 2.45) is 5.41 Å². The van der Waals surface area contributed by atoms with E-state index >= 15 is 0 Å². The Morgan fingerprint density at radius 1 is 1.13 bits per heavy atom. The lowest BCUT2D eigenvalue weighted by atomic mass is 9.70. The number of aliphatic hydroxyl groups is 1. The molecule has 2 aliphatic rings. The number of carbonyl (C=O) groups excluding carboxylic acids is 1. The fraction of sp³-hybridized carbons (Fsp3) is 0.333. The van der Waals surface area contributed by atoms with Crippen LogP contribution in [0.2, 0.25) is 0 Å². The number of halogens is 1. The molecule has 0 saturated carbocycles. The van der Waals surface area contributed by atoms with Crippen LogP contribution in [-0.4, -0.2) is 26.9 Å². The van der Waals surface area contributed by atoms with Gasteiger partial charge in [-0.3, -0.25) is 14.8 Å². The molecule has 154 valence electrons. The number of piperidine rings is 1. The number of hydrogen-bond acceptors (Lipinski definition) is 3. The van der Waals surface area contributed by atoms with Gasteiger partial charge in [0.1, 0.15) is 5.72 Å². The largest absolute Gasteiger partial charge is 0.370 e. The number of carbonyl (C=O) groups is 1. The van der Waals surface area contributed by atoms with Crippen molar-refractivity contribution in [2.75, 3.05) is 4.90 Å². The molecule has 3 aromatic rings. The molecule has 0 bridgehead atoms. The van der Waals surface area contributed by atoms with E-state index in [0.29, 0.717) is 25.1 Å². The first kappa shape index (κ1) is 19.5. The van der Waals surface area contributed by atoms with Crippen LogP contribution in [0, 0.1) is 5.41 Å². The third kappa shape index (κ3) is 3.10. The quantitative estimate of drug-likeness (QED) is 0.545. The van der Waals surface area contributed by atoms with E-state index in [4.69, 9.17) is 0 Å². The molecule has 2 atom stereocenters. The number of fused-ring (bicyclic) bond motifs is 3. The third-order valence-corrected chi connectivity index (χ3v) is 6.80. The number of hydrogen-bond donors (Lipinski definition) is 2. The number of amides is 1. The van der Waals surface area contributed by atoms with Gasteiger partial charge in [-0.1, -0.05) is 72.2 Å². The Morgan fingerprint density at radius 3 is 2.53 bits per heavy atom. The lowest BCUT2D eigenvalue weighted by molar-refractivity contribution is -0.135. The van der Waals surface area contributed by atoms with Crippen molar-refractivity contribution in [3.05, 3.63) is 70.2 Å². The molecule has 1 fully saturated rings. The number of nitrogens with one attached hydrogen (secondary N) is 1. The van der Waals surface area contributed by atoms with Gasteiger partial charge in [-0.2, -0.15) is 5.10 Å². The zero-order chi connectivity index (χ0) is 21.1. The highest BCUT2D eigenvalue weighted by Gasteiger charge is 2.55. The Hall–Kier alpha value is -2.44. The average Bonchev–Trinajstić information content (AvgIpc) is 3.11. The lowest BCUT2D eigenvalue weighted by Crippen LogP contribution is -2.61. The summed E-state index contributed by atoms with van der Waals surface area (Å²) < 4.78 is 1.01. The van der Waals surface area contributed by atoms with Crippen LogP contribution in [0.15, 0.2) is 59.1 Å². The van der Waals surface area contributed by atoms with Crippen molar-refractivity contribution in [1.29, 1.82) is 0 Å². The number of nitrogens with zero attached hydrogens (tertiary/aromatic N) is 2. The normalized spacial score (nSPS) is 25.0. The number of aromatic nitrogens is 2. The summed E-state index contributed by atoms with van der Waals surface area (Å²) in [4.78, 5) is 14.7. The molecule has 0 spiro atoms. The van der Waals surface area contributed by atoms with Gasteiger partial charge < -0.3 is 5.11 Å². The van der Waals surface area contributed by atoms with Crippen molar-refractivity contribution < 1.29 is 9.90 Å². The van der Waals surface area contributed by atoms with Gasteiger partial charge in [0, 0.05) is 35.2 Å². The minimum Gasteiger partial charge on any atom is -0.370 e. The molecule has 5 rings (SSSR count). The summed E-state index contributed by atoms with van der Waals surface area (Å²) >= 11 is 3.51. The first-order valence-electron chi connectivity index (χ1n) is 10.2. The van der Waals surface area contributed by atoms with E-state index in [1.165, 1.54) is 0 Å². The first-order valence-corrected chi connectivity index (χ1v) is 11.0. The van der Waals surface area contributed by atoms with E-state index in [1.54, 1.807) is 4.90 Å². The standard InChI is InChI=1S/C24H24BrN3O2/c1-23(2)13-19(29)28-22-20(21(26-27-22)16-6-4-3-5-7-16)18(12-24(28,30)14-23)15-8-10-17(25)11-9-15/h3-11,18,30H,12-14H2,1-2H3,(H,26,27)/t18-,24-/m0/s1. The summed E-state index contributed by atoms with van der Waals surface area (Å²) in [6.45, 7) is 4.09. The highest BCUT2D eigenvalue weighted by Crippen LogP contribution is 2.54. The Bertz CT molecular complexity index is 1110. The van der Waals surface area contributed by atoms with Gasteiger partial charge in [0.2, 0.25) is 5.91 Å². The van der Waals surface area contributed by atoms with E-state index < -0.39 is 5.72 Å². The Kier molecular flexibility index (Phi) is 4.42. The highest BCUT2D eigenvalue weighted by atomic mass is 79.9. The molecule has 3 heterocycles. The highest BCUT2D eigenvalue weighted by molar-refractivity contribution is 9.10. The van der Waals surface area contributed by atoms with Crippen LogP contribution in [-0.2, 0) is 4.79 Å². The van der Waals surface area contributed by atoms with Gasteiger partial charge in [-0.05, 0) is 28.7 Å². The average molecular weight is 466 g/mol. The molecule has 2 aromatic carbocycles. The van der Waals surface area contributed by atoms with Crippen LogP contribution in [0.5, 0.6) is 0 Å². The van der Waals surface area contributed by atoms with Crippen molar-refractivity contribution in [2.45, 2.75) is 44.8 Å². The maximum Gasteiger partial charge on any atom is 0.231 e. The Balaban J connectivity index is 1.72. The summed E-state index contributed by atoms with van der Waals surface area (Å²) in [5.41, 5.74) is 2.47. The molecule has 2 aliphatic heterocycles. The van der Waals surface area contributed by atoms with Gasteiger partial charge in [0.15, 0.2) is 5.82 Å². The van der Waals surface area contributed by atoms with Crippen LogP contribution >= 0.6 is 15.9 Å². The smallest absolute Gasteiger partial charge is 0.231 e. The maximum absolute atomic E-state index is 13.2. The van der Waals surface area contributed by atoms with Crippen molar-refractivity contribution in [1.82, 2.24) is 10.2 Å². The van der Waals surface area contributed by atoms with E-state index in [9.17, 15) is 9.90 Å². The summed E-state index contributed by atoms with van der Waals surface area (Å²) in [7, 11) is 0. The SMILES string of the molecule is CC1(C)CC(=O)N2c3n[nH]c(-c4ccccc4)c3[C@H](c3ccc(Br)cc3)C[C@]2(O)C1. The molecule has 2 N–H and O–H groups in total. The minimum absolute atomic E-state index is 0.0737. The molecule has 1 aromatic heterocycles. The van der Waals surface area contributed by atoms with E-state index in [2.05, 4.69) is 38.3 Å². The number of benzene rings is 2. The molecule has 0 radical (unpaired) electrons. The molecule has 6 heteroatoms. The predicted octanol–water partition coefficient (Wildman–Crippen LogP) is 5.22. The first-order chi connectivity index (χ1) is 14.3. The predicted molar refractivity (Wildman–Crippen MR) is 120 cm³/mol. The van der Waals surface area contributed by atoms with Crippen LogP contribution in [0.3, 0.4) is 0 Å². The maximum atomic E-state index is 13.2. The number of H-pyrrole nitrogens is 1. The Labute approximate surface area is 184 Å². The molecule has 30 heavy (non-hydrogen) atoms. The minimum atomic E-state index is -1.26. The van der Waals surface area contributed by atoms with Crippen LogP contribution in [0.1, 0.15) is 50.2 Å². The summed E-state index contributed by atoms with van der Waals surface area (Å²) in [6.07, 6.45) is 1.35. The van der Waals surface area contributed by atoms with Crippen molar-refractivity contribution >= 4 is 27.7 Å². The van der Waals surface area contributed by atoms with Crippen molar-refractivity contribution in [3.63, 3.8) is 0 Å². The summed E-state index contributed by atoms with van der Waals surface area (Å²) in [5, 5.41) is 19.5. The third-order valence-electron chi connectivity index (χ3n) is 6.27.